The highest BCUT2D eigenvalue weighted by atomic mass is 16.4. The molecule has 7 heteroatoms. The molecular formula is C13H25N3O4. The first-order valence-corrected chi connectivity index (χ1v) is 6.75. The second-order valence-corrected chi connectivity index (χ2v) is 4.89. The zero-order chi connectivity index (χ0) is 15.5. The summed E-state index contributed by atoms with van der Waals surface area (Å²) in [5.41, 5.74) is 0. The van der Waals surface area contributed by atoms with Crippen LogP contribution in [0.25, 0.3) is 0 Å². The minimum absolute atomic E-state index is 0.0550. The first kappa shape index (κ1) is 18.4. The molecule has 0 aliphatic rings. The SMILES string of the molecule is C[15N](C)C(CCCCNC([13CH3])=O)C(=O)N[13CH2]CC(=O)O. The summed E-state index contributed by atoms with van der Waals surface area (Å²) in [6.07, 6.45) is 2.22. The van der Waals surface area contributed by atoms with Crippen LogP contribution in [-0.2, 0) is 14.4 Å². The fraction of sp³-hybridized carbons (Fsp3) is 0.769. The molecule has 2 amide bonds. The third-order valence-electron chi connectivity index (χ3n) is 2.84. The molecule has 0 radical (unpaired) electrons. The molecule has 0 bridgehead atoms. The van der Waals surface area contributed by atoms with E-state index in [-0.39, 0.29) is 30.8 Å². The van der Waals surface area contributed by atoms with Gasteiger partial charge in [0, 0.05) is 20.0 Å². The average molecular weight is 290 g/mol. The van der Waals surface area contributed by atoms with E-state index >= 15 is 0 Å². The van der Waals surface area contributed by atoms with E-state index < -0.39 is 5.97 Å². The molecule has 0 aromatic carbocycles. The maximum Gasteiger partial charge on any atom is 0.305 e. The normalized spacial score (nSPS) is 12.0. The van der Waals surface area contributed by atoms with Crippen molar-refractivity contribution in [2.24, 2.45) is 0 Å². The Labute approximate surface area is 119 Å². The number of aliphatic carboxylic acids is 1. The third-order valence-corrected chi connectivity index (χ3v) is 2.84. The highest BCUT2D eigenvalue weighted by molar-refractivity contribution is 5.82. The molecule has 0 aliphatic heterocycles. The van der Waals surface area contributed by atoms with Crippen LogP contribution in [0.5, 0.6) is 0 Å². The monoisotopic (exact) mass is 290 g/mol. The number of unbranched alkanes of at least 4 members (excludes halogenated alkanes) is 1. The summed E-state index contributed by atoms with van der Waals surface area (Å²) in [4.78, 5) is 34.8. The quantitative estimate of drug-likeness (QED) is 0.294. The molecule has 1 atom stereocenters. The van der Waals surface area contributed by atoms with Gasteiger partial charge in [0.15, 0.2) is 0 Å². The van der Waals surface area contributed by atoms with E-state index in [2.05, 4.69) is 10.6 Å². The van der Waals surface area contributed by atoms with E-state index in [0.29, 0.717) is 13.0 Å². The lowest BCUT2D eigenvalue weighted by atomic mass is 10.1. The number of nitrogens with one attached hydrogen (secondary N) is 2. The maximum absolute atomic E-state index is 11.9. The van der Waals surface area contributed by atoms with Crippen molar-refractivity contribution in [3.63, 3.8) is 0 Å². The summed E-state index contributed by atoms with van der Waals surface area (Å²) >= 11 is 0. The van der Waals surface area contributed by atoms with Gasteiger partial charge in [-0.25, -0.2) is 0 Å². The Bertz CT molecular complexity index is 332. The first-order valence-electron chi connectivity index (χ1n) is 6.75. The van der Waals surface area contributed by atoms with Crippen LogP contribution >= 0.6 is 0 Å². The van der Waals surface area contributed by atoms with Crippen LogP contribution in [0.15, 0.2) is 0 Å². The molecule has 0 heterocycles. The summed E-state index contributed by atoms with van der Waals surface area (Å²) < 4.78 is 0. The molecule has 116 valence electrons. The molecule has 0 aromatic heterocycles. The van der Waals surface area contributed by atoms with Gasteiger partial charge in [-0.1, -0.05) is 0 Å². The first-order chi connectivity index (χ1) is 9.34. The maximum atomic E-state index is 11.9. The molecule has 0 aromatic rings. The van der Waals surface area contributed by atoms with Gasteiger partial charge >= 0.3 is 5.97 Å². The minimum atomic E-state index is -0.929. The molecule has 0 aliphatic carbocycles. The van der Waals surface area contributed by atoms with E-state index in [1.54, 1.807) is 0 Å². The summed E-state index contributed by atoms with van der Waals surface area (Å²) in [6, 6.07) is -0.277. The number of nitrogens with zero attached hydrogens (tertiary/aromatic N) is 1. The van der Waals surface area contributed by atoms with Gasteiger partial charge in [0.05, 0.1) is 12.5 Å². The number of likely N-dealkylation sites (N-methyl/N-ethyl adjacent to an activating group) is 1. The Balaban J connectivity index is 3.99. The predicted molar refractivity (Wildman–Crippen MR) is 75.3 cm³/mol. The largest absolute Gasteiger partial charge is 0.481 e. The molecule has 0 rings (SSSR count). The lowest BCUT2D eigenvalue weighted by molar-refractivity contribution is -0.137. The molecule has 0 fully saturated rings. The van der Waals surface area contributed by atoms with Gasteiger partial charge in [-0.2, -0.15) is 0 Å². The van der Waals surface area contributed by atoms with Crippen LogP contribution in [0.3, 0.4) is 0 Å². The Morgan fingerprint density at radius 2 is 1.75 bits per heavy atom. The number of carboxylic acid groups (broad SMARTS) is 1. The Hall–Kier alpha value is -1.63. The highest BCUT2D eigenvalue weighted by Gasteiger charge is 2.19. The second-order valence-electron chi connectivity index (χ2n) is 4.89. The van der Waals surface area contributed by atoms with Gasteiger partial charge < -0.3 is 15.7 Å². The van der Waals surface area contributed by atoms with Crippen molar-refractivity contribution in [3.05, 3.63) is 0 Å². The molecule has 0 saturated carbocycles. The topological polar surface area (TPSA) is 98.7 Å². The standard InChI is InChI=1S/C13H25N3O4/c1-10(17)14-8-5-4-6-11(16(2)3)13(20)15-9-7-12(18)19/h11H,4-9H2,1-3H3,(H,14,17)(H,15,20)(H,18,19)/i1+1,9+1,16+1. The summed E-state index contributed by atoms with van der Waals surface area (Å²) in [6.45, 7) is 2.22. The number of amides is 2. The fourth-order valence-corrected chi connectivity index (χ4v) is 1.76. The van der Waals surface area contributed by atoms with E-state index in [4.69, 9.17) is 5.11 Å². The molecule has 20 heavy (non-hydrogen) atoms. The predicted octanol–water partition coefficient (Wildman–Crippen LogP) is -0.186. The average Bonchev–Trinajstić information content (AvgIpc) is 2.32. The third kappa shape index (κ3) is 9.32. The van der Waals surface area contributed by atoms with Crippen molar-refractivity contribution in [1.29, 1.82) is 0 Å². The molecule has 0 spiro atoms. The van der Waals surface area contributed by atoms with E-state index in [0.717, 1.165) is 12.8 Å². The van der Waals surface area contributed by atoms with Gasteiger partial charge in [0.2, 0.25) is 11.8 Å². The molecule has 0 saturated heterocycles. The van der Waals surface area contributed by atoms with Gasteiger partial charge in [-0.3, -0.25) is 19.3 Å². The van der Waals surface area contributed by atoms with Crippen LogP contribution in [0.2, 0.25) is 0 Å². The fourth-order valence-electron chi connectivity index (χ4n) is 1.76. The summed E-state index contributed by atoms with van der Waals surface area (Å²) in [5.74, 6) is -1.14. The summed E-state index contributed by atoms with van der Waals surface area (Å²) in [7, 11) is 3.63. The number of hydrogen-bond donors (Lipinski definition) is 3. The van der Waals surface area contributed by atoms with Gasteiger partial charge in [0.25, 0.3) is 0 Å². The zero-order valence-electron chi connectivity index (χ0n) is 12.4. The van der Waals surface area contributed by atoms with E-state index in [9.17, 15) is 14.4 Å². The van der Waals surface area contributed by atoms with Crippen LogP contribution in [0.1, 0.15) is 32.6 Å². The Morgan fingerprint density at radius 3 is 2.25 bits per heavy atom. The molecule has 7 nitrogen and oxygen atoms in total. The smallest absolute Gasteiger partial charge is 0.305 e. The minimum Gasteiger partial charge on any atom is -0.481 e. The van der Waals surface area contributed by atoms with Crippen LogP contribution < -0.4 is 10.6 Å². The zero-order valence-corrected chi connectivity index (χ0v) is 12.4. The highest BCUT2D eigenvalue weighted by Crippen LogP contribution is 2.06. The van der Waals surface area contributed by atoms with Crippen molar-refractivity contribution >= 4 is 17.8 Å². The second kappa shape index (κ2) is 10.2. The number of hydrogen-bond acceptors (Lipinski definition) is 4. The number of carbonyl (C=O) groups excluding carboxylic acids is 2. The van der Waals surface area contributed by atoms with Crippen molar-refractivity contribution in [2.75, 3.05) is 27.2 Å². The molecule has 3 N–H and O–H groups in total. The van der Waals surface area contributed by atoms with Crippen LogP contribution in [0.4, 0.5) is 0 Å². The van der Waals surface area contributed by atoms with Crippen molar-refractivity contribution < 1.29 is 19.5 Å². The summed E-state index contributed by atoms with van der Waals surface area (Å²) in [5, 5.41) is 13.9. The van der Waals surface area contributed by atoms with Crippen molar-refractivity contribution in [1.82, 2.24) is 15.5 Å². The van der Waals surface area contributed by atoms with Gasteiger partial charge in [-0.05, 0) is 33.4 Å². The number of carbonyl (C=O) groups is 3. The van der Waals surface area contributed by atoms with Crippen LogP contribution in [0, 0.1) is 0 Å². The Kier molecular flexibility index (Phi) is 9.36. The lowest BCUT2D eigenvalue weighted by Gasteiger charge is -2.23. The molecule has 1 unspecified atom stereocenters. The van der Waals surface area contributed by atoms with Gasteiger partial charge in [0.1, 0.15) is 0 Å². The Morgan fingerprint density at radius 1 is 1.10 bits per heavy atom. The van der Waals surface area contributed by atoms with Gasteiger partial charge in [-0.15, -0.1) is 0 Å². The van der Waals surface area contributed by atoms with Crippen LogP contribution in [-0.4, -0.2) is 61.0 Å². The molecular weight excluding hydrogens is 265 g/mol. The number of carboxylic acids is 1. The van der Waals surface area contributed by atoms with Crippen molar-refractivity contribution in [2.45, 2.75) is 38.6 Å². The van der Waals surface area contributed by atoms with Crippen molar-refractivity contribution in [3.8, 4) is 0 Å². The van der Waals surface area contributed by atoms with E-state index in [1.165, 1.54) is 6.92 Å². The van der Waals surface area contributed by atoms with E-state index in [1.807, 2.05) is 19.0 Å². The lowest BCUT2D eigenvalue weighted by Crippen LogP contribution is -2.44. The number of rotatable bonds is 10.